The first-order chi connectivity index (χ1) is 12.2. The molecule has 4 nitrogen and oxygen atoms in total. The van der Waals surface area contributed by atoms with Crippen LogP contribution in [0.2, 0.25) is 0 Å². The topological polar surface area (TPSA) is 54.0 Å². The van der Waals surface area contributed by atoms with E-state index in [4.69, 9.17) is 11.6 Å². The van der Waals surface area contributed by atoms with Gasteiger partial charge in [0.05, 0.1) is 11.9 Å². The van der Waals surface area contributed by atoms with Crippen LogP contribution in [0.4, 0.5) is 17.2 Å². The number of alkyl halides is 1. The van der Waals surface area contributed by atoms with Gasteiger partial charge in [0.2, 0.25) is 5.91 Å². The van der Waals surface area contributed by atoms with Crippen LogP contribution in [-0.4, -0.2) is 16.3 Å². The number of nitrogens with zero attached hydrogens (tertiary/aromatic N) is 1. The summed E-state index contributed by atoms with van der Waals surface area (Å²) >= 11 is 6.48. The molecular weight excluding hydrogens is 334 g/mol. The highest BCUT2D eigenvalue weighted by Gasteiger charge is 2.44. The summed E-state index contributed by atoms with van der Waals surface area (Å²) in [5.74, 6) is 2.37. The van der Waals surface area contributed by atoms with Gasteiger partial charge in [-0.1, -0.05) is 24.6 Å². The molecule has 0 aliphatic heterocycles. The van der Waals surface area contributed by atoms with Gasteiger partial charge in [-0.2, -0.15) is 0 Å². The Bertz CT molecular complexity index is 734. The number of amides is 1. The van der Waals surface area contributed by atoms with E-state index in [1.807, 2.05) is 42.5 Å². The molecule has 1 amide bonds. The zero-order valence-electron chi connectivity index (χ0n) is 14.0. The largest absolute Gasteiger partial charge is 0.340 e. The molecule has 4 unspecified atom stereocenters. The van der Waals surface area contributed by atoms with E-state index in [1.165, 1.54) is 19.3 Å². The Morgan fingerprint density at radius 2 is 1.92 bits per heavy atom. The summed E-state index contributed by atoms with van der Waals surface area (Å²) in [6.45, 7) is 0. The van der Waals surface area contributed by atoms with Crippen LogP contribution in [0.15, 0.2) is 48.7 Å². The molecule has 2 aromatic rings. The Morgan fingerprint density at radius 1 is 1.08 bits per heavy atom. The van der Waals surface area contributed by atoms with Crippen LogP contribution in [-0.2, 0) is 4.79 Å². The fourth-order valence-electron chi connectivity index (χ4n) is 4.27. The number of halogens is 1. The zero-order valence-corrected chi connectivity index (χ0v) is 14.7. The maximum Gasteiger partial charge on any atom is 0.242 e. The molecular formula is C20H22ClN3O. The lowest BCUT2D eigenvalue weighted by atomic mass is 9.86. The monoisotopic (exact) mass is 355 g/mol. The van der Waals surface area contributed by atoms with Crippen molar-refractivity contribution in [2.24, 2.45) is 17.8 Å². The Kier molecular flexibility index (Phi) is 4.62. The standard InChI is InChI=1S/C20H22ClN3O/c21-19(17-11-13-6-7-14(17)10-13)20(25)24-16-8-9-18(22-12-16)23-15-4-2-1-3-5-15/h1-5,8-9,12-14,17,19H,6-7,10-11H2,(H,22,23)(H,24,25). The number of fused-ring (bicyclic) bond motifs is 2. The zero-order chi connectivity index (χ0) is 17.2. The number of nitrogens with one attached hydrogen (secondary N) is 2. The van der Waals surface area contributed by atoms with E-state index in [1.54, 1.807) is 6.20 Å². The number of benzene rings is 1. The molecule has 130 valence electrons. The number of carbonyl (C=O) groups is 1. The third-order valence-corrected chi connectivity index (χ3v) is 6.02. The van der Waals surface area contributed by atoms with Crippen molar-refractivity contribution in [3.63, 3.8) is 0 Å². The molecule has 0 spiro atoms. The van der Waals surface area contributed by atoms with Crippen LogP contribution in [0.1, 0.15) is 25.7 Å². The Hall–Kier alpha value is -2.07. The molecule has 1 aromatic heterocycles. The smallest absolute Gasteiger partial charge is 0.242 e. The summed E-state index contributed by atoms with van der Waals surface area (Å²) < 4.78 is 0. The number of aromatic nitrogens is 1. The van der Waals surface area contributed by atoms with Crippen molar-refractivity contribution < 1.29 is 4.79 Å². The van der Waals surface area contributed by atoms with Gasteiger partial charge >= 0.3 is 0 Å². The average molecular weight is 356 g/mol. The number of para-hydroxylation sites is 1. The molecule has 4 atom stereocenters. The third kappa shape index (κ3) is 3.64. The van der Waals surface area contributed by atoms with Crippen molar-refractivity contribution in [1.82, 2.24) is 4.98 Å². The lowest BCUT2D eigenvalue weighted by molar-refractivity contribution is -0.117. The van der Waals surface area contributed by atoms with Gasteiger partial charge in [-0.3, -0.25) is 4.79 Å². The van der Waals surface area contributed by atoms with E-state index in [2.05, 4.69) is 15.6 Å². The lowest BCUT2D eigenvalue weighted by Gasteiger charge is -2.25. The van der Waals surface area contributed by atoms with Gasteiger partial charge < -0.3 is 10.6 Å². The quantitative estimate of drug-likeness (QED) is 0.757. The summed E-state index contributed by atoms with van der Waals surface area (Å²) in [5, 5.41) is 5.68. The average Bonchev–Trinajstić information content (AvgIpc) is 3.27. The number of carbonyl (C=O) groups excluding carboxylic acids is 1. The molecule has 2 aliphatic rings. The summed E-state index contributed by atoms with van der Waals surface area (Å²) in [6.07, 6.45) is 6.56. The lowest BCUT2D eigenvalue weighted by Crippen LogP contribution is -2.33. The molecule has 1 heterocycles. The van der Waals surface area contributed by atoms with Gasteiger partial charge in [-0.05, 0) is 61.3 Å². The van der Waals surface area contributed by atoms with Gasteiger partial charge in [0.15, 0.2) is 0 Å². The maximum absolute atomic E-state index is 12.5. The van der Waals surface area contributed by atoms with Crippen molar-refractivity contribution >= 4 is 34.7 Å². The number of rotatable bonds is 5. The van der Waals surface area contributed by atoms with E-state index in [-0.39, 0.29) is 5.91 Å². The second kappa shape index (κ2) is 7.04. The van der Waals surface area contributed by atoms with Crippen molar-refractivity contribution in [1.29, 1.82) is 0 Å². The second-order valence-corrected chi connectivity index (χ2v) is 7.62. The second-order valence-electron chi connectivity index (χ2n) is 7.15. The van der Waals surface area contributed by atoms with Crippen LogP contribution in [0.5, 0.6) is 0 Å². The third-order valence-electron chi connectivity index (χ3n) is 5.50. The van der Waals surface area contributed by atoms with Crippen molar-refractivity contribution in [2.45, 2.75) is 31.1 Å². The van der Waals surface area contributed by atoms with E-state index in [0.29, 0.717) is 17.5 Å². The van der Waals surface area contributed by atoms with Crippen molar-refractivity contribution in [3.05, 3.63) is 48.7 Å². The molecule has 2 aliphatic carbocycles. The molecule has 2 N–H and O–H groups in total. The highest BCUT2D eigenvalue weighted by Crippen LogP contribution is 2.50. The van der Waals surface area contributed by atoms with Crippen molar-refractivity contribution in [3.8, 4) is 0 Å². The number of hydrogen-bond acceptors (Lipinski definition) is 3. The Balaban J connectivity index is 1.35. The molecule has 4 rings (SSSR count). The van der Waals surface area contributed by atoms with Crippen LogP contribution in [0, 0.1) is 17.8 Å². The maximum atomic E-state index is 12.5. The fraction of sp³-hybridized carbons (Fsp3) is 0.400. The molecule has 25 heavy (non-hydrogen) atoms. The highest BCUT2D eigenvalue weighted by atomic mass is 35.5. The molecule has 1 aromatic carbocycles. The first-order valence-electron chi connectivity index (χ1n) is 8.92. The van der Waals surface area contributed by atoms with E-state index in [9.17, 15) is 4.79 Å². The van der Waals surface area contributed by atoms with Crippen LogP contribution in [0.25, 0.3) is 0 Å². The minimum Gasteiger partial charge on any atom is -0.340 e. The number of hydrogen-bond donors (Lipinski definition) is 2. The van der Waals surface area contributed by atoms with Gasteiger partial charge in [-0.25, -0.2) is 4.98 Å². The predicted molar refractivity (Wildman–Crippen MR) is 101 cm³/mol. The van der Waals surface area contributed by atoms with Crippen molar-refractivity contribution in [2.75, 3.05) is 10.6 Å². The van der Waals surface area contributed by atoms with Crippen LogP contribution < -0.4 is 10.6 Å². The van der Waals surface area contributed by atoms with Gasteiger partial charge in [0.1, 0.15) is 11.2 Å². The van der Waals surface area contributed by atoms with Gasteiger partial charge in [0, 0.05) is 5.69 Å². The molecule has 0 radical (unpaired) electrons. The first-order valence-corrected chi connectivity index (χ1v) is 9.36. The molecule has 0 saturated heterocycles. The molecule has 5 heteroatoms. The summed E-state index contributed by atoms with van der Waals surface area (Å²) in [6, 6.07) is 13.6. The van der Waals surface area contributed by atoms with Crippen LogP contribution >= 0.6 is 11.6 Å². The normalized spacial score (nSPS) is 25.6. The number of pyridine rings is 1. The van der Waals surface area contributed by atoms with E-state index in [0.717, 1.165) is 23.8 Å². The molecule has 2 saturated carbocycles. The Morgan fingerprint density at radius 3 is 2.56 bits per heavy atom. The summed E-state index contributed by atoms with van der Waals surface area (Å²) in [4.78, 5) is 16.8. The van der Waals surface area contributed by atoms with E-state index >= 15 is 0 Å². The predicted octanol–water partition coefficient (Wildman–Crippen LogP) is 4.81. The van der Waals surface area contributed by atoms with E-state index < -0.39 is 5.38 Å². The summed E-state index contributed by atoms with van der Waals surface area (Å²) in [5.41, 5.74) is 1.65. The molecule has 2 fully saturated rings. The first kappa shape index (κ1) is 16.4. The highest BCUT2D eigenvalue weighted by molar-refractivity contribution is 6.32. The summed E-state index contributed by atoms with van der Waals surface area (Å²) in [7, 11) is 0. The fourth-order valence-corrected chi connectivity index (χ4v) is 4.63. The minimum atomic E-state index is -0.447. The van der Waals surface area contributed by atoms with Crippen LogP contribution in [0.3, 0.4) is 0 Å². The van der Waals surface area contributed by atoms with Gasteiger partial charge in [0.25, 0.3) is 0 Å². The molecule has 2 bridgehead atoms. The minimum absolute atomic E-state index is 0.107. The Labute approximate surface area is 153 Å². The van der Waals surface area contributed by atoms with Gasteiger partial charge in [-0.15, -0.1) is 11.6 Å². The number of anilines is 3. The SMILES string of the molecule is O=C(Nc1ccc(Nc2ccccc2)nc1)C(Cl)C1CC2CCC1C2.